The third kappa shape index (κ3) is 4.37. The van der Waals surface area contributed by atoms with E-state index in [0.29, 0.717) is 0 Å². The van der Waals surface area contributed by atoms with Crippen molar-refractivity contribution in [2.24, 2.45) is 0 Å². The lowest BCUT2D eigenvalue weighted by Gasteiger charge is -2.38. The second kappa shape index (κ2) is 9.48. The number of halogens is 12. The average molecular weight is 561 g/mol. The summed E-state index contributed by atoms with van der Waals surface area (Å²) in [6.45, 7) is 0. The van der Waals surface area contributed by atoms with Crippen LogP contribution >= 0.6 is 11.3 Å². The first-order valence-electron chi connectivity index (χ1n) is 9.02. The Hall–Kier alpha value is -2.98. The van der Waals surface area contributed by atoms with Gasteiger partial charge in [-0.2, -0.15) is 43.9 Å². The van der Waals surface area contributed by atoms with E-state index in [2.05, 4.69) is 4.74 Å². The van der Waals surface area contributed by atoms with Gasteiger partial charge in [0.05, 0.1) is 7.11 Å². The molecule has 2 aromatic rings. The van der Waals surface area contributed by atoms with E-state index in [1.54, 1.807) is 0 Å². The number of rotatable bonds is 9. The van der Waals surface area contributed by atoms with Gasteiger partial charge in [0.2, 0.25) is 0 Å². The lowest BCUT2D eigenvalue weighted by atomic mass is 9.94. The van der Waals surface area contributed by atoms with E-state index in [9.17, 15) is 62.3 Å². The smallest absolute Gasteiger partial charge is 0.393 e. The van der Waals surface area contributed by atoms with Crippen LogP contribution < -0.4 is 5.32 Å². The summed E-state index contributed by atoms with van der Waals surface area (Å²) in [6.07, 6.45) is -5.67. The molecule has 0 radical (unpaired) electrons. The van der Waals surface area contributed by atoms with Gasteiger partial charge in [-0.05, 0) is 5.56 Å². The summed E-state index contributed by atoms with van der Waals surface area (Å²) >= 11 is 0.225. The van der Waals surface area contributed by atoms with Crippen molar-refractivity contribution >= 4 is 28.2 Å². The maximum atomic E-state index is 14.1. The first-order chi connectivity index (χ1) is 16.3. The third-order valence-corrected chi connectivity index (χ3v) is 5.55. The van der Waals surface area contributed by atoms with E-state index < -0.39 is 58.5 Å². The Bertz CT molecular complexity index is 1120. The Morgan fingerprint density at radius 1 is 0.861 bits per heavy atom. The molecule has 17 heteroatoms. The first-order valence-corrected chi connectivity index (χ1v) is 9.90. The van der Waals surface area contributed by atoms with Gasteiger partial charge >= 0.3 is 47.9 Å². The van der Waals surface area contributed by atoms with E-state index in [1.165, 1.54) is 30.3 Å². The van der Waals surface area contributed by atoms with Crippen molar-refractivity contribution < 1.29 is 67.0 Å². The fourth-order valence-corrected chi connectivity index (χ4v) is 3.60. The highest BCUT2D eigenvalue weighted by atomic mass is 32.1. The number of amides is 1. The van der Waals surface area contributed by atoms with Crippen LogP contribution in [-0.4, -0.2) is 55.0 Å². The van der Waals surface area contributed by atoms with Crippen LogP contribution in [0.15, 0.2) is 35.7 Å². The Morgan fingerprint density at radius 3 is 1.86 bits per heavy atom. The monoisotopic (exact) mass is 561 g/mol. The van der Waals surface area contributed by atoms with Gasteiger partial charge in [-0.1, -0.05) is 30.3 Å². The minimum atomic E-state index is -7.86. The van der Waals surface area contributed by atoms with Crippen LogP contribution in [0.2, 0.25) is 0 Å². The average Bonchev–Trinajstić information content (AvgIpc) is 3.21. The molecule has 1 amide bonds. The number of carbonyl (C=O) groups is 2. The SMILES string of the molecule is COC(=O)c1c(-c2ccccc2)csc1NC(=O)C(F)(F)C(F)(F)C(F)(F)C(F)(F)C(F)(F)C(F)F. The van der Waals surface area contributed by atoms with Gasteiger partial charge in [-0.15, -0.1) is 11.3 Å². The van der Waals surface area contributed by atoms with E-state index in [-0.39, 0.29) is 22.5 Å². The number of methoxy groups -OCH3 is 1. The standard InChI is InChI=1S/C19H11F12NO3S/c1-35-12(33)10-9(8-5-3-2-4-6-8)7-36-11(10)32-14(34)16(24,25)18(28,29)19(30,31)17(26,27)15(22,23)13(20)21/h2-7,13H,1H3,(H,32,34). The summed E-state index contributed by atoms with van der Waals surface area (Å²) in [4.78, 5) is 24.0. The van der Waals surface area contributed by atoms with Crippen LogP contribution in [0.5, 0.6) is 0 Å². The number of esters is 1. The third-order valence-electron chi connectivity index (χ3n) is 4.65. The first kappa shape index (κ1) is 29.3. The molecule has 0 aliphatic heterocycles. The highest BCUT2D eigenvalue weighted by Crippen LogP contribution is 2.58. The van der Waals surface area contributed by atoms with Crippen LogP contribution in [0.25, 0.3) is 11.1 Å². The molecular formula is C19H11F12NO3S. The second-order valence-electron chi connectivity index (χ2n) is 6.89. The summed E-state index contributed by atoms with van der Waals surface area (Å²) < 4.78 is 165. The number of carbonyl (C=O) groups excluding carboxylic acids is 2. The summed E-state index contributed by atoms with van der Waals surface area (Å²) in [5.41, 5.74) is -0.652. The van der Waals surface area contributed by atoms with Crippen molar-refractivity contribution in [3.63, 3.8) is 0 Å². The normalized spacial score (nSPS) is 13.6. The van der Waals surface area contributed by atoms with Crippen LogP contribution in [-0.2, 0) is 9.53 Å². The molecule has 2 rings (SSSR count). The molecule has 0 bridgehead atoms. The molecule has 36 heavy (non-hydrogen) atoms. The summed E-state index contributed by atoms with van der Waals surface area (Å²) in [6, 6.07) is 7.15. The largest absolute Gasteiger partial charge is 0.465 e. The quantitative estimate of drug-likeness (QED) is 0.278. The summed E-state index contributed by atoms with van der Waals surface area (Å²) in [5.74, 6) is -42.1. The molecule has 0 spiro atoms. The van der Waals surface area contributed by atoms with Crippen LogP contribution in [0.1, 0.15) is 10.4 Å². The maximum Gasteiger partial charge on any atom is 0.393 e. The number of thiophene rings is 1. The van der Waals surface area contributed by atoms with E-state index >= 15 is 0 Å². The van der Waals surface area contributed by atoms with Crippen molar-refractivity contribution in [1.29, 1.82) is 0 Å². The molecule has 0 aliphatic carbocycles. The van der Waals surface area contributed by atoms with Gasteiger partial charge < -0.3 is 10.1 Å². The van der Waals surface area contributed by atoms with Gasteiger partial charge in [0, 0.05) is 10.9 Å². The number of alkyl halides is 12. The van der Waals surface area contributed by atoms with Gasteiger partial charge in [-0.3, -0.25) is 4.79 Å². The molecule has 1 aromatic heterocycles. The minimum Gasteiger partial charge on any atom is -0.465 e. The predicted molar refractivity (Wildman–Crippen MR) is 100 cm³/mol. The molecular weight excluding hydrogens is 550 g/mol. The Balaban J connectivity index is 2.52. The van der Waals surface area contributed by atoms with Crippen molar-refractivity contribution in [3.8, 4) is 11.1 Å². The van der Waals surface area contributed by atoms with Gasteiger partial charge in [0.15, 0.2) is 0 Å². The molecule has 1 heterocycles. The van der Waals surface area contributed by atoms with Gasteiger partial charge in [0.25, 0.3) is 0 Å². The Labute approximate surface area is 196 Å². The zero-order valence-corrected chi connectivity index (χ0v) is 18.0. The lowest BCUT2D eigenvalue weighted by Crippen LogP contribution is -2.70. The van der Waals surface area contributed by atoms with Crippen LogP contribution in [0.3, 0.4) is 0 Å². The zero-order valence-electron chi connectivity index (χ0n) is 17.2. The number of benzene rings is 1. The fraction of sp³-hybridized carbons (Fsp3) is 0.368. The number of ether oxygens (including phenoxy) is 1. The minimum absolute atomic E-state index is 0.119. The highest BCUT2D eigenvalue weighted by molar-refractivity contribution is 7.15. The number of hydrogen-bond donors (Lipinski definition) is 1. The second-order valence-corrected chi connectivity index (χ2v) is 7.77. The van der Waals surface area contributed by atoms with Gasteiger partial charge in [-0.25, -0.2) is 13.6 Å². The maximum absolute atomic E-state index is 14.1. The van der Waals surface area contributed by atoms with E-state index in [4.69, 9.17) is 0 Å². The van der Waals surface area contributed by atoms with E-state index in [1.807, 2.05) is 0 Å². The van der Waals surface area contributed by atoms with Crippen molar-refractivity contribution in [1.82, 2.24) is 0 Å². The molecule has 1 aromatic carbocycles. The number of nitrogens with one attached hydrogen (secondary N) is 1. The topological polar surface area (TPSA) is 55.4 Å². The predicted octanol–water partition coefficient (Wildman–Crippen LogP) is 6.58. The summed E-state index contributed by atoms with van der Waals surface area (Å²) in [5, 5.41) is 1.02. The molecule has 0 aliphatic rings. The lowest BCUT2D eigenvalue weighted by molar-refractivity contribution is -0.406. The molecule has 200 valence electrons. The van der Waals surface area contributed by atoms with E-state index in [0.717, 1.165) is 17.8 Å². The molecule has 4 nitrogen and oxygen atoms in total. The van der Waals surface area contributed by atoms with Gasteiger partial charge in [0.1, 0.15) is 10.6 Å². The summed E-state index contributed by atoms with van der Waals surface area (Å²) in [7, 11) is 0.787. The van der Waals surface area contributed by atoms with Crippen LogP contribution in [0, 0.1) is 0 Å². The molecule has 0 atom stereocenters. The molecule has 0 saturated carbocycles. The fourth-order valence-electron chi connectivity index (χ4n) is 2.65. The zero-order chi connectivity index (χ0) is 27.9. The molecule has 0 saturated heterocycles. The number of hydrogen-bond acceptors (Lipinski definition) is 4. The molecule has 0 unspecified atom stereocenters. The highest BCUT2D eigenvalue weighted by Gasteiger charge is 2.89. The Kier molecular flexibility index (Phi) is 7.70. The molecule has 0 fully saturated rings. The van der Waals surface area contributed by atoms with Crippen molar-refractivity contribution in [2.75, 3.05) is 12.4 Å². The van der Waals surface area contributed by atoms with Crippen molar-refractivity contribution in [2.45, 2.75) is 36.0 Å². The van der Waals surface area contributed by atoms with Crippen LogP contribution in [0.4, 0.5) is 57.7 Å². The Morgan fingerprint density at radius 2 is 1.39 bits per heavy atom. The molecule has 1 N–H and O–H groups in total. The number of anilines is 1. The van der Waals surface area contributed by atoms with Crippen molar-refractivity contribution in [3.05, 3.63) is 41.3 Å².